The van der Waals surface area contributed by atoms with Crippen LogP contribution in [0.1, 0.15) is 46.5 Å². The number of hydrogen-bond donors (Lipinski definition) is 1. The number of amides is 2. The zero-order chi connectivity index (χ0) is 14.4. The first-order valence-electron chi connectivity index (χ1n) is 7.25. The molecule has 110 valence electrons. The number of carbonyl (C=O) groups is 2. The second kappa shape index (κ2) is 7.36. The van der Waals surface area contributed by atoms with Crippen LogP contribution < -0.4 is 0 Å². The highest BCUT2D eigenvalue weighted by molar-refractivity contribution is 5.77. The van der Waals surface area contributed by atoms with Crippen molar-refractivity contribution in [3.05, 3.63) is 0 Å². The van der Waals surface area contributed by atoms with Crippen LogP contribution in [0.5, 0.6) is 0 Å². The summed E-state index contributed by atoms with van der Waals surface area (Å²) < 4.78 is 0. The summed E-state index contributed by atoms with van der Waals surface area (Å²) in [5, 5.41) is 8.98. The second-order valence-corrected chi connectivity index (χ2v) is 5.55. The molecule has 1 aliphatic rings. The molecule has 0 spiro atoms. The Hall–Kier alpha value is -1.26. The Morgan fingerprint density at radius 3 is 2.53 bits per heavy atom. The van der Waals surface area contributed by atoms with Crippen molar-refractivity contribution in [3.8, 4) is 0 Å². The lowest BCUT2D eigenvalue weighted by molar-refractivity contribution is -0.141. The average molecular weight is 270 g/mol. The zero-order valence-electron chi connectivity index (χ0n) is 12.3. The summed E-state index contributed by atoms with van der Waals surface area (Å²) in [5.74, 6) is -1.19. The number of carboxylic acid groups (broad SMARTS) is 1. The van der Waals surface area contributed by atoms with Gasteiger partial charge in [0.1, 0.15) is 0 Å². The predicted molar refractivity (Wildman–Crippen MR) is 74.1 cm³/mol. The summed E-state index contributed by atoms with van der Waals surface area (Å²) in [6.45, 7) is 7.83. The van der Waals surface area contributed by atoms with Gasteiger partial charge in [-0.15, -0.1) is 0 Å². The number of carboxylic acids is 1. The van der Waals surface area contributed by atoms with Crippen molar-refractivity contribution in [2.24, 2.45) is 5.92 Å². The third-order valence-electron chi connectivity index (χ3n) is 3.68. The summed E-state index contributed by atoms with van der Waals surface area (Å²) in [5.41, 5.74) is 0. The minimum absolute atomic E-state index is 0.00477. The zero-order valence-corrected chi connectivity index (χ0v) is 12.3. The Morgan fingerprint density at radius 2 is 2.05 bits per heavy atom. The van der Waals surface area contributed by atoms with Crippen molar-refractivity contribution in [1.82, 2.24) is 9.80 Å². The Kier molecular flexibility index (Phi) is 6.12. The van der Waals surface area contributed by atoms with E-state index in [0.29, 0.717) is 19.5 Å². The van der Waals surface area contributed by atoms with Crippen molar-refractivity contribution in [3.63, 3.8) is 0 Å². The van der Waals surface area contributed by atoms with Gasteiger partial charge in [0.15, 0.2) is 0 Å². The fraction of sp³-hybridized carbons (Fsp3) is 0.857. The van der Waals surface area contributed by atoms with Gasteiger partial charge in [-0.3, -0.25) is 4.79 Å². The molecule has 19 heavy (non-hydrogen) atoms. The normalized spacial score (nSPS) is 18.9. The summed E-state index contributed by atoms with van der Waals surface area (Å²) in [6.07, 6.45) is 3.83. The summed E-state index contributed by atoms with van der Waals surface area (Å²) in [6, 6.07) is 0.156. The van der Waals surface area contributed by atoms with Crippen molar-refractivity contribution in [1.29, 1.82) is 0 Å². The van der Waals surface area contributed by atoms with Gasteiger partial charge in [0.2, 0.25) is 0 Å². The largest absolute Gasteiger partial charge is 0.481 e. The molecule has 2 amide bonds. The Morgan fingerprint density at radius 1 is 1.37 bits per heavy atom. The quantitative estimate of drug-likeness (QED) is 0.754. The van der Waals surface area contributed by atoms with Crippen molar-refractivity contribution in [2.75, 3.05) is 19.6 Å². The average Bonchev–Trinajstić information content (AvgIpc) is 2.83. The lowest BCUT2D eigenvalue weighted by Gasteiger charge is -2.31. The third kappa shape index (κ3) is 4.40. The first-order valence-corrected chi connectivity index (χ1v) is 7.25. The fourth-order valence-electron chi connectivity index (χ4n) is 2.42. The van der Waals surface area contributed by atoms with Crippen molar-refractivity contribution in [2.45, 2.75) is 52.5 Å². The minimum atomic E-state index is -0.794. The molecule has 1 rings (SSSR count). The molecule has 1 unspecified atom stereocenters. The standard InChI is InChI=1S/C14H26N2O3/c1-4-5-6-8-16(11(2)3)14(19)15-9-7-12(10-15)13(17)18/h11-12H,4-10H2,1-3H3,(H,17,18). The van der Waals surface area contributed by atoms with Gasteiger partial charge < -0.3 is 14.9 Å². The first-order chi connectivity index (χ1) is 8.97. The Labute approximate surface area is 115 Å². The highest BCUT2D eigenvalue weighted by Gasteiger charge is 2.33. The minimum Gasteiger partial charge on any atom is -0.481 e. The van der Waals surface area contributed by atoms with Gasteiger partial charge in [-0.25, -0.2) is 4.79 Å². The number of likely N-dealkylation sites (tertiary alicyclic amines) is 1. The maximum Gasteiger partial charge on any atom is 0.320 e. The molecule has 1 heterocycles. The van der Waals surface area contributed by atoms with Crippen LogP contribution in [0.3, 0.4) is 0 Å². The Bertz CT molecular complexity index is 318. The van der Waals surface area contributed by atoms with Gasteiger partial charge in [0.05, 0.1) is 5.92 Å². The molecule has 0 saturated carbocycles. The number of unbranched alkanes of at least 4 members (excludes halogenated alkanes) is 2. The van der Waals surface area contributed by atoms with E-state index in [2.05, 4.69) is 6.92 Å². The van der Waals surface area contributed by atoms with Crippen LogP contribution >= 0.6 is 0 Å². The number of nitrogens with zero attached hydrogens (tertiary/aromatic N) is 2. The van der Waals surface area contributed by atoms with E-state index in [1.165, 1.54) is 0 Å². The number of carbonyl (C=O) groups excluding carboxylic acids is 1. The van der Waals surface area contributed by atoms with Gasteiger partial charge >= 0.3 is 12.0 Å². The van der Waals surface area contributed by atoms with E-state index >= 15 is 0 Å². The van der Waals surface area contributed by atoms with Crippen LogP contribution in [0, 0.1) is 5.92 Å². The molecular weight excluding hydrogens is 244 g/mol. The van der Waals surface area contributed by atoms with Gasteiger partial charge in [0.25, 0.3) is 0 Å². The molecule has 0 aromatic heterocycles. The van der Waals surface area contributed by atoms with Crippen molar-refractivity contribution >= 4 is 12.0 Å². The first kappa shape index (κ1) is 15.8. The van der Waals surface area contributed by atoms with E-state index in [-0.39, 0.29) is 12.1 Å². The maximum atomic E-state index is 12.4. The van der Waals surface area contributed by atoms with Crippen LogP contribution in [-0.4, -0.2) is 52.6 Å². The molecule has 5 heteroatoms. The molecule has 1 N–H and O–H groups in total. The molecule has 0 aliphatic carbocycles. The molecule has 0 radical (unpaired) electrons. The molecule has 1 fully saturated rings. The van der Waals surface area contributed by atoms with Crippen LogP contribution in [0.25, 0.3) is 0 Å². The van der Waals surface area contributed by atoms with E-state index < -0.39 is 11.9 Å². The second-order valence-electron chi connectivity index (χ2n) is 5.55. The van der Waals surface area contributed by atoms with Crippen LogP contribution in [0.2, 0.25) is 0 Å². The SMILES string of the molecule is CCCCCN(C(=O)N1CCC(C(=O)O)C1)C(C)C. The monoisotopic (exact) mass is 270 g/mol. The molecule has 1 atom stereocenters. The van der Waals surface area contributed by atoms with E-state index in [9.17, 15) is 9.59 Å². The van der Waals surface area contributed by atoms with Crippen molar-refractivity contribution < 1.29 is 14.7 Å². The van der Waals surface area contributed by atoms with Crippen LogP contribution in [0.15, 0.2) is 0 Å². The van der Waals surface area contributed by atoms with Gasteiger partial charge in [-0.05, 0) is 26.7 Å². The predicted octanol–water partition coefficient (Wildman–Crippen LogP) is 2.41. The highest BCUT2D eigenvalue weighted by Crippen LogP contribution is 2.19. The van der Waals surface area contributed by atoms with Gasteiger partial charge in [0, 0.05) is 25.7 Å². The topological polar surface area (TPSA) is 60.9 Å². The number of aliphatic carboxylic acids is 1. The lowest BCUT2D eigenvalue weighted by atomic mass is 10.1. The van der Waals surface area contributed by atoms with Crippen LogP contribution in [0.4, 0.5) is 4.79 Å². The Balaban J connectivity index is 2.55. The molecule has 1 aliphatic heterocycles. The van der Waals surface area contributed by atoms with Gasteiger partial charge in [-0.2, -0.15) is 0 Å². The summed E-state index contributed by atoms with van der Waals surface area (Å²) in [4.78, 5) is 26.9. The molecule has 0 bridgehead atoms. The third-order valence-corrected chi connectivity index (χ3v) is 3.68. The molecule has 0 aromatic carbocycles. The van der Waals surface area contributed by atoms with E-state index in [1.54, 1.807) is 4.90 Å². The maximum absolute atomic E-state index is 12.4. The molecule has 1 saturated heterocycles. The van der Waals surface area contributed by atoms with E-state index in [1.807, 2.05) is 18.7 Å². The van der Waals surface area contributed by atoms with E-state index in [0.717, 1.165) is 25.8 Å². The molecular formula is C14H26N2O3. The highest BCUT2D eigenvalue weighted by atomic mass is 16.4. The summed E-state index contributed by atoms with van der Waals surface area (Å²) in [7, 11) is 0. The van der Waals surface area contributed by atoms with Gasteiger partial charge in [-0.1, -0.05) is 19.8 Å². The lowest BCUT2D eigenvalue weighted by Crippen LogP contribution is -2.46. The number of hydrogen-bond acceptors (Lipinski definition) is 2. The fourth-order valence-corrected chi connectivity index (χ4v) is 2.42. The number of urea groups is 1. The van der Waals surface area contributed by atoms with E-state index in [4.69, 9.17) is 5.11 Å². The summed E-state index contributed by atoms with van der Waals surface area (Å²) >= 11 is 0. The molecule has 5 nitrogen and oxygen atoms in total. The van der Waals surface area contributed by atoms with Crippen LogP contribution in [-0.2, 0) is 4.79 Å². The smallest absolute Gasteiger partial charge is 0.320 e. The number of rotatable bonds is 6. The molecule has 0 aromatic rings.